The maximum Gasteiger partial charge on any atom is 0.232 e. The van der Waals surface area contributed by atoms with Crippen LogP contribution >= 0.6 is 0 Å². The predicted molar refractivity (Wildman–Crippen MR) is 113 cm³/mol. The quantitative estimate of drug-likeness (QED) is 0.543. The fourth-order valence-corrected chi connectivity index (χ4v) is 3.40. The molecule has 0 aromatic heterocycles. The second-order valence-electron chi connectivity index (χ2n) is 7.11. The second-order valence-corrected chi connectivity index (χ2v) is 7.11. The molecule has 0 aliphatic carbocycles. The summed E-state index contributed by atoms with van der Waals surface area (Å²) in [7, 11) is 1.64. The van der Waals surface area contributed by atoms with Crippen LogP contribution in [-0.2, 0) is 6.61 Å². The van der Waals surface area contributed by atoms with Crippen LogP contribution in [0.15, 0.2) is 66.4 Å². The van der Waals surface area contributed by atoms with Crippen molar-refractivity contribution < 1.29 is 19.0 Å². The summed E-state index contributed by atoms with van der Waals surface area (Å²) in [5.74, 6) is 2.22. The monoisotopic (exact) mass is 386 g/mol. The lowest BCUT2D eigenvalue weighted by atomic mass is 10.0. The summed E-state index contributed by atoms with van der Waals surface area (Å²) in [5.41, 5.74) is 4.50. The van der Waals surface area contributed by atoms with Crippen LogP contribution in [0.25, 0.3) is 6.08 Å². The van der Waals surface area contributed by atoms with Crippen molar-refractivity contribution in [3.8, 4) is 17.2 Å². The molecule has 4 rings (SSSR count). The van der Waals surface area contributed by atoms with E-state index in [1.54, 1.807) is 19.3 Å². The van der Waals surface area contributed by atoms with E-state index in [2.05, 4.69) is 0 Å². The number of hydrogen-bond acceptors (Lipinski definition) is 4. The summed E-state index contributed by atoms with van der Waals surface area (Å²) in [6.07, 6.45) is 1.78. The molecule has 0 saturated heterocycles. The van der Waals surface area contributed by atoms with Crippen molar-refractivity contribution in [3.05, 3.63) is 94.2 Å². The Labute approximate surface area is 170 Å². The molecule has 3 aromatic carbocycles. The zero-order valence-corrected chi connectivity index (χ0v) is 16.7. The Balaban J connectivity index is 1.56. The minimum atomic E-state index is -0.0987. The van der Waals surface area contributed by atoms with Crippen molar-refractivity contribution in [2.24, 2.45) is 0 Å². The Morgan fingerprint density at radius 1 is 0.966 bits per heavy atom. The molecule has 4 heteroatoms. The fraction of sp³-hybridized carbons (Fsp3) is 0.160. The Kier molecular flexibility index (Phi) is 5.09. The van der Waals surface area contributed by atoms with Gasteiger partial charge in [0.15, 0.2) is 5.76 Å². The third-order valence-corrected chi connectivity index (χ3v) is 4.82. The first-order chi connectivity index (χ1) is 14.0. The maximum absolute atomic E-state index is 12.8. The lowest BCUT2D eigenvalue weighted by Gasteiger charge is -2.10. The molecule has 0 saturated carbocycles. The molecule has 0 bridgehead atoms. The predicted octanol–water partition coefficient (Wildman–Crippen LogP) is 5.51. The number of carbonyl (C=O) groups excluding carboxylic acids is 1. The molecule has 0 N–H and O–H groups in total. The Bertz CT molecular complexity index is 1110. The number of hydrogen-bond donors (Lipinski definition) is 0. The van der Waals surface area contributed by atoms with Gasteiger partial charge in [0.2, 0.25) is 5.78 Å². The largest absolute Gasteiger partial charge is 0.497 e. The Hall–Kier alpha value is -3.53. The number of ketones is 1. The van der Waals surface area contributed by atoms with E-state index in [0.717, 1.165) is 28.0 Å². The van der Waals surface area contributed by atoms with Crippen molar-refractivity contribution in [1.29, 1.82) is 0 Å². The first kappa shape index (κ1) is 18.8. The molecule has 4 nitrogen and oxygen atoms in total. The number of rotatable bonds is 5. The molecule has 29 heavy (non-hydrogen) atoms. The van der Waals surface area contributed by atoms with E-state index in [1.165, 1.54) is 0 Å². The molecule has 0 unspecified atom stereocenters. The average molecular weight is 386 g/mol. The highest BCUT2D eigenvalue weighted by Crippen LogP contribution is 2.37. The van der Waals surface area contributed by atoms with Crippen LogP contribution in [0.4, 0.5) is 0 Å². The molecular formula is C25H22O4. The maximum atomic E-state index is 12.8. The number of fused-ring (bicyclic) bond motifs is 1. The van der Waals surface area contributed by atoms with Gasteiger partial charge in [0.25, 0.3) is 0 Å². The number of allylic oxidation sites excluding steroid dienone is 1. The van der Waals surface area contributed by atoms with Crippen LogP contribution in [0.5, 0.6) is 17.2 Å². The van der Waals surface area contributed by atoms with Gasteiger partial charge < -0.3 is 14.2 Å². The molecule has 146 valence electrons. The molecule has 0 atom stereocenters. The summed E-state index contributed by atoms with van der Waals surface area (Å²) < 4.78 is 17.1. The van der Waals surface area contributed by atoms with Gasteiger partial charge in [-0.1, -0.05) is 42.0 Å². The molecule has 1 heterocycles. The normalized spacial score (nSPS) is 13.9. The molecule has 1 aliphatic rings. The Morgan fingerprint density at radius 2 is 1.79 bits per heavy atom. The summed E-state index contributed by atoms with van der Waals surface area (Å²) in [6.45, 7) is 4.31. The number of ether oxygens (including phenoxy) is 3. The SMILES string of the molecule is COc1cccc(COc2cc(C)c3c(c2)O/C(=C\c2cccc(C)c2)C3=O)c1. The fourth-order valence-electron chi connectivity index (χ4n) is 3.40. The molecular weight excluding hydrogens is 364 g/mol. The highest BCUT2D eigenvalue weighted by molar-refractivity contribution is 6.15. The van der Waals surface area contributed by atoms with E-state index in [-0.39, 0.29) is 5.78 Å². The third kappa shape index (κ3) is 4.02. The Morgan fingerprint density at radius 3 is 2.59 bits per heavy atom. The summed E-state index contributed by atoms with van der Waals surface area (Å²) in [6, 6.07) is 19.3. The highest BCUT2D eigenvalue weighted by atomic mass is 16.5. The van der Waals surface area contributed by atoms with Crippen molar-refractivity contribution in [2.45, 2.75) is 20.5 Å². The average Bonchev–Trinajstić information content (AvgIpc) is 3.02. The van der Waals surface area contributed by atoms with Gasteiger partial charge in [-0.15, -0.1) is 0 Å². The number of benzene rings is 3. The van der Waals surface area contributed by atoms with Crippen LogP contribution in [0.2, 0.25) is 0 Å². The molecule has 1 aliphatic heterocycles. The first-order valence-corrected chi connectivity index (χ1v) is 9.45. The topological polar surface area (TPSA) is 44.8 Å². The van der Waals surface area contributed by atoms with Crippen molar-refractivity contribution in [3.63, 3.8) is 0 Å². The van der Waals surface area contributed by atoms with Crippen LogP contribution in [-0.4, -0.2) is 12.9 Å². The van der Waals surface area contributed by atoms with Gasteiger partial charge in [-0.05, 0) is 54.8 Å². The van der Waals surface area contributed by atoms with E-state index >= 15 is 0 Å². The highest BCUT2D eigenvalue weighted by Gasteiger charge is 2.30. The van der Waals surface area contributed by atoms with E-state index in [0.29, 0.717) is 29.4 Å². The lowest BCUT2D eigenvalue weighted by Crippen LogP contribution is -2.00. The van der Waals surface area contributed by atoms with Gasteiger partial charge in [0, 0.05) is 6.07 Å². The van der Waals surface area contributed by atoms with E-state index in [9.17, 15) is 4.79 Å². The smallest absolute Gasteiger partial charge is 0.232 e. The van der Waals surface area contributed by atoms with Crippen LogP contribution in [0, 0.1) is 13.8 Å². The van der Waals surface area contributed by atoms with Crippen molar-refractivity contribution in [2.75, 3.05) is 7.11 Å². The standard InChI is InChI=1S/C25H22O4/c1-16-6-4-7-18(10-16)13-23-25(26)24-17(2)11-21(14-22(24)29-23)28-15-19-8-5-9-20(12-19)27-3/h4-14H,15H2,1-3H3/b23-13-. The number of Topliss-reactive ketones (excluding diaryl/α,β-unsaturated/α-hetero) is 1. The molecule has 0 amide bonds. The number of aryl methyl sites for hydroxylation is 2. The molecule has 3 aromatic rings. The van der Waals surface area contributed by atoms with Gasteiger partial charge in [0.05, 0.1) is 12.7 Å². The lowest BCUT2D eigenvalue weighted by molar-refractivity contribution is 0.101. The number of methoxy groups -OCH3 is 1. The van der Waals surface area contributed by atoms with E-state index in [4.69, 9.17) is 14.2 Å². The van der Waals surface area contributed by atoms with Crippen LogP contribution in [0.1, 0.15) is 32.6 Å². The van der Waals surface area contributed by atoms with Crippen molar-refractivity contribution in [1.82, 2.24) is 0 Å². The molecule has 0 spiro atoms. The number of carbonyl (C=O) groups is 1. The molecule has 0 fully saturated rings. The van der Waals surface area contributed by atoms with Gasteiger partial charge in [-0.25, -0.2) is 0 Å². The minimum absolute atomic E-state index is 0.0987. The van der Waals surface area contributed by atoms with Gasteiger partial charge in [-0.2, -0.15) is 0 Å². The first-order valence-electron chi connectivity index (χ1n) is 9.45. The third-order valence-electron chi connectivity index (χ3n) is 4.82. The van der Waals surface area contributed by atoms with E-state index < -0.39 is 0 Å². The summed E-state index contributed by atoms with van der Waals surface area (Å²) in [4.78, 5) is 12.8. The van der Waals surface area contributed by atoms with Crippen LogP contribution in [0.3, 0.4) is 0 Å². The van der Waals surface area contributed by atoms with Gasteiger partial charge >= 0.3 is 0 Å². The molecule has 0 radical (unpaired) electrons. The van der Waals surface area contributed by atoms with Crippen LogP contribution < -0.4 is 14.2 Å². The zero-order chi connectivity index (χ0) is 20.4. The minimum Gasteiger partial charge on any atom is -0.497 e. The second kappa shape index (κ2) is 7.84. The van der Waals surface area contributed by atoms with Crippen molar-refractivity contribution >= 4 is 11.9 Å². The summed E-state index contributed by atoms with van der Waals surface area (Å²) >= 11 is 0. The van der Waals surface area contributed by atoms with E-state index in [1.807, 2.05) is 68.4 Å². The van der Waals surface area contributed by atoms with Gasteiger partial charge in [0.1, 0.15) is 23.9 Å². The summed E-state index contributed by atoms with van der Waals surface area (Å²) in [5, 5.41) is 0. The van der Waals surface area contributed by atoms with Gasteiger partial charge in [-0.3, -0.25) is 4.79 Å². The zero-order valence-electron chi connectivity index (χ0n) is 16.7.